The molecule has 92 heavy (non-hydrogen) atoms. The van der Waals surface area contributed by atoms with Crippen molar-refractivity contribution in [3.05, 3.63) is 282 Å². The second kappa shape index (κ2) is 22.5. The number of hydrogen-bond donors (Lipinski definition) is 0. The van der Waals surface area contributed by atoms with Gasteiger partial charge in [0.2, 0.25) is 0 Å². The molecule has 1 aliphatic carbocycles. The van der Waals surface area contributed by atoms with E-state index in [0.29, 0.717) is 50.1 Å². The van der Waals surface area contributed by atoms with E-state index in [9.17, 15) is 5.48 Å². The van der Waals surface area contributed by atoms with Crippen LogP contribution in [0.15, 0.2) is 254 Å². The number of benzene rings is 11. The van der Waals surface area contributed by atoms with Gasteiger partial charge in [-0.3, -0.25) is 9.13 Å². The van der Waals surface area contributed by atoms with Crippen molar-refractivity contribution in [3.63, 3.8) is 0 Å². The first-order chi connectivity index (χ1) is 51.0. The van der Waals surface area contributed by atoms with Gasteiger partial charge in [-0.25, -0.2) is 9.98 Å². The number of aryl methyl sites for hydroxylation is 3. The lowest BCUT2D eigenvalue weighted by molar-refractivity contribution is 0.332. The fraction of sp³-hybridized carbons (Fsp3) is 0.172. The number of pyridine rings is 1. The van der Waals surface area contributed by atoms with Gasteiger partial charge in [-0.05, 0) is 199 Å². The molecule has 3 aromatic heterocycles. The zero-order chi connectivity index (χ0) is 76.9. The second-order valence-electron chi connectivity index (χ2n) is 26.5. The highest BCUT2D eigenvalue weighted by atomic mass is 16.5. The van der Waals surface area contributed by atoms with Gasteiger partial charge in [0.15, 0.2) is 0 Å². The van der Waals surface area contributed by atoms with Gasteiger partial charge in [0.05, 0.1) is 41.5 Å². The van der Waals surface area contributed by atoms with Crippen LogP contribution in [0.25, 0.3) is 115 Å². The number of para-hydroxylation sites is 1. The van der Waals surface area contributed by atoms with Crippen molar-refractivity contribution in [3.8, 4) is 61.8 Å². The van der Waals surface area contributed by atoms with Crippen LogP contribution in [0.4, 0.5) is 5.69 Å². The molecule has 5 nitrogen and oxygen atoms in total. The number of aliphatic imine (C=N–C) groups is 1. The van der Waals surface area contributed by atoms with Gasteiger partial charge in [0.1, 0.15) is 23.7 Å². The molecule has 0 saturated carbocycles. The molecule has 450 valence electrons. The molecule has 0 atom stereocenters. The topological polar surface area (TPSA) is 44.3 Å². The Bertz CT molecular complexity index is 6090. The average molecular weight is 1210 g/mol. The van der Waals surface area contributed by atoms with Crippen molar-refractivity contribution in [1.82, 2.24) is 14.1 Å². The second-order valence-corrected chi connectivity index (χ2v) is 26.5. The van der Waals surface area contributed by atoms with Crippen LogP contribution in [0, 0.1) is 20.6 Å². The maximum absolute atomic E-state index is 9.37. The minimum absolute atomic E-state index is 0.00379. The molecule has 1 aliphatic rings. The van der Waals surface area contributed by atoms with E-state index in [2.05, 4.69) is 102 Å². The van der Waals surface area contributed by atoms with E-state index >= 15 is 0 Å². The highest BCUT2D eigenvalue weighted by molar-refractivity contribution is 6.21. The van der Waals surface area contributed by atoms with Gasteiger partial charge in [-0.2, -0.15) is 0 Å². The summed E-state index contributed by atoms with van der Waals surface area (Å²) in [4.78, 5) is 10.4. The number of nitrogens with zero attached hydrogens (tertiary/aromatic N) is 4. The predicted octanol–water partition coefficient (Wildman–Crippen LogP) is 24.0. The molecule has 0 saturated heterocycles. The Labute approximate surface area is 562 Å². The number of ether oxygens (including phenoxy) is 1. The minimum atomic E-state index is -2.78. The van der Waals surface area contributed by atoms with Gasteiger partial charge < -0.3 is 4.74 Å². The quantitative estimate of drug-likeness (QED) is 0.107. The summed E-state index contributed by atoms with van der Waals surface area (Å²) in [6, 6.07) is 51.1. The van der Waals surface area contributed by atoms with Crippen molar-refractivity contribution in [1.29, 1.82) is 0 Å². The summed E-state index contributed by atoms with van der Waals surface area (Å²) >= 11 is 0. The molecule has 3 heterocycles. The van der Waals surface area contributed by atoms with Crippen molar-refractivity contribution < 1.29 is 26.7 Å². The lowest BCUT2D eigenvalue weighted by Crippen LogP contribution is -2.33. The summed E-state index contributed by atoms with van der Waals surface area (Å²) in [6.07, 6.45) is 5.52. The van der Waals surface area contributed by atoms with Crippen LogP contribution in [-0.4, -0.2) is 20.5 Å². The van der Waals surface area contributed by atoms with Gasteiger partial charge in [0, 0.05) is 59.2 Å². The fourth-order valence-electron chi connectivity index (χ4n) is 13.8. The van der Waals surface area contributed by atoms with Crippen LogP contribution in [0.5, 0.6) is 11.5 Å². The van der Waals surface area contributed by atoms with Crippen LogP contribution in [0.1, 0.15) is 117 Å². The van der Waals surface area contributed by atoms with Crippen LogP contribution in [0.3, 0.4) is 0 Å². The molecular formula is C87H76N4O. The molecule has 0 aliphatic heterocycles. The summed E-state index contributed by atoms with van der Waals surface area (Å²) < 4.78 is 155. The van der Waals surface area contributed by atoms with E-state index in [1.54, 1.807) is 16.7 Å². The number of rotatable bonds is 9. The van der Waals surface area contributed by atoms with Crippen molar-refractivity contribution in [2.75, 3.05) is 0 Å². The van der Waals surface area contributed by atoms with E-state index in [4.69, 9.17) is 31.2 Å². The van der Waals surface area contributed by atoms with Gasteiger partial charge in [-0.15, -0.1) is 0 Å². The number of fused-ring (bicyclic) bond motifs is 11. The van der Waals surface area contributed by atoms with Crippen molar-refractivity contribution in [2.24, 2.45) is 4.99 Å². The Morgan fingerprint density at radius 3 is 1.67 bits per heavy atom. The van der Waals surface area contributed by atoms with E-state index in [0.717, 1.165) is 67.5 Å². The Balaban J connectivity index is 1.05. The summed E-state index contributed by atoms with van der Waals surface area (Å²) in [5, 5.41) is 6.00. The summed E-state index contributed by atoms with van der Waals surface area (Å²) in [5.41, 5.74) is 8.17. The first-order valence-electron chi connectivity index (χ1n) is 39.2. The van der Waals surface area contributed by atoms with Crippen LogP contribution in [0.2, 0.25) is 0 Å². The molecule has 0 spiro atoms. The molecule has 0 N–H and O–H groups in total. The SMILES string of the molecule is [2H]c1c([2H])c([2H])c(-c2cccc(-c3c([2H])c([2H])c([2H])c([2H])c3[2H])c2N=Cn2c3cc(Oc4ccc5c6cc(-c7ccc8c(c7)C(C)(C)CCC8(C)C)ccc6n(-c6cc(C(C)(C)C)ccn6)c5c4)ccc3c3ccccc3c3ccccc3c3cc(-c4c(C([2H])([2H])[2H])cccc4C([2H])([2H])[2H])cc(C)c32)c([2H])c1[2H]. The third kappa shape index (κ3) is 10.2. The summed E-state index contributed by atoms with van der Waals surface area (Å²) in [5.74, 6) is 1.53. The molecule has 0 radical (unpaired) electrons. The first-order valence-corrected chi connectivity index (χ1v) is 31.2. The zero-order valence-corrected chi connectivity index (χ0v) is 52.6. The van der Waals surface area contributed by atoms with E-state index in [1.165, 1.54) is 53.9 Å². The zero-order valence-electron chi connectivity index (χ0n) is 68.6. The molecular weight excluding hydrogens is 1120 g/mol. The predicted molar refractivity (Wildman–Crippen MR) is 391 cm³/mol. The molecule has 5 heteroatoms. The highest BCUT2D eigenvalue weighted by Crippen LogP contribution is 2.48. The van der Waals surface area contributed by atoms with E-state index in [1.807, 2.05) is 98.0 Å². The van der Waals surface area contributed by atoms with E-state index < -0.39 is 74.1 Å². The largest absolute Gasteiger partial charge is 0.457 e. The van der Waals surface area contributed by atoms with E-state index in [-0.39, 0.29) is 66.4 Å². The molecule has 0 fully saturated rings. The standard InChI is InChI=1S/C87H76N4O/c1-55-23-21-24-56(2)82(55)62-47-57(3)84-75(49-62)71-32-20-18-30-69(71)68-29-17-19-31-70(68)72-39-37-64(52-79(72)90(84)54-89-83-66(58-25-13-11-14-26-58)33-22-34-67(83)59-27-15-12-16-28-59)92-65-38-40-73-74-48-60(61-35-41-76-77(50-61)87(9,10)45-44-86(76,7)8)36-42-78(74)91(80(73)53-65)81-51-63(43-46-88-81)85(4,5)6/h11-43,46-54H,44-45H2,1-10H3/i1D3,2D3,11D,12D,13D,14D,15D,16D,25D,26D,27D,28D. The maximum atomic E-state index is 9.37. The average Bonchev–Trinajstić information content (AvgIpc) is 1.50. The first kappa shape index (κ1) is 42.6. The van der Waals surface area contributed by atoms with Crippen LogP contribution >= 0.6 is 0 Å². The van der Waals surface area contributed by atoms with Crippen molar-refractivity contribution >= 4 is 77.2 Å². The summed E-state index contributed by atoms with van der Waals surface area (Å²) in [7, 11) is 0. The Morgan fingerprint density at radius 1 is 0.489 bits per heavy atom. The monoisotopic (exact) mass is 1210 g/mol. The van der Waals surface area contributed by atoms with Crippen LogP contribution in [-0.2, 0) is 16.2 Å². The molecule has 14 aromatic rings. The van der Waals surface area contributed by atoms with Crippen molar-refractivity contribution in [2.45, 2.75) is 98.2 Å². The molecule has 0 unspecified atom stereocenters. The Kier molecular flexibility index (Phi) is 10.4. The number of aromatic nitrogens is 3. The highest BCUT2D eigenvalue weighted by Gasteiger charge is 2.37. The smallest absolute Gasteiger partial charge is 0.137 e. The van der Waals surface area contributed by atoms with Gasteiger partial charge in [0.25, 0.3) is 0 Å². The third-order valence-electron chi connectivity index (χ3n) is 18.7. The lowest BCUT2D eigenvalue weighted by Gasteiger charge is -2.42. The molecule has 0 amide bonds. The fourth-order valence-corrected chi connectivity index (χ4v) is 13.8. The molecule has 11 aromatic carbocycles. The summed E-state index contributed by atoms with van der Waals surface area (Å²) in [6.45, 7) is 12.1. The number of hydrogen-bond acceptors (Lipinski definition) is 3. The minimum Gasteiger partial charge on any atom is -0.457 e. The molecule has 15 rings (SSSR count). The normalized spacial score (nSPS) is 16.6. The lowest BCUT2D eigenvalue weighted by atomic mass is 9.63. The van der Waals surface area contributed by atoms with Gasteiger partial charge in [-0.1, -0.05) is 218 Å². The Hall–Kier alpha value is -10.4. The third-order valence-corrected chi connectivity index (χ3v) is 18.7. The van der Waals surface area contributed by atoms with Crippen LogP contribution < -0.4 is 4.74 Å². The maximum Gasteiger partial charge on any atom is 0.137 e. The van der Waals surface area contributed by atoms with Gasteiger partial charge >= 0.3 is 0 Å². The Morgan fingerprint density at radius 2 is 1.04 bits per heavy atom. The molecule has 0 bridgehead atoms.